The number of nitrogens with one attached hydrogen (secondary N) is 1. The van der Waals surface area contributed by atoms with Crippen molar-refractivity contribution in [1.82, 2.24) is 9.78 Å². The van der Waals surface area contributed by atoms with Crippen molar-refractivity contribution in [2.75, 3.05) is 11.9 Å². The summed E-state index contributed by atoms with van der Waals surface area (Å²) in [5.41, 5.74) is -0.715. The van der Waals surface area contributed by atoms with Crippen LogP contribution in [0.25, 0.3) is 0 Å². The fraction of sp³-hybridized carbons (Fsp3) is 0.389. The smallest absolute Gasteiger partial charge is 0.331 e. The predicted octanol–water partition coefficient (Wildman–Crippen LogP) is 2.75. The summed E-state index contributed by atoms with van der Waals surface area (Å²) in [5, 5.41) is 16.0. The number of amides is 1. The molecule has 0 saturated carbocycles. The minimum atomic E-state index is -1.18. The lowest BCUT2D eigenvalue weighted by molar-refractivity contribution is -0.146. The van der Waals surface area contributed by atoms with E-state index in [1.807, 2.05) is 37.3 Å². The number of ether oxygens (including phenoxy) is 1. The van der Waals surface area contributed by atoms with E-state index < -0.39 is 11.5 Å². The molecule has 7 heteroatoms. The SMILES string of the molecule is CC(CCOc1ccccc1)C(=O)Nc1cnn(C(C)(C)C(=O)O)c1. The second kappa shape index (κ2) is 7.83. The van der Waals surface area contributed by atoms with Crippen LogP contribution < -0.4 is 10.1 Å². The van der Waals surface area contributed by atoms with Gasteiger partial charge in [0, 0.05) is 12.1 Å². The average Bonchev–Trinajstić information content (AvgIpc) is 3.04. The molecule has 0 radical (unpaired) electrons. The van der Waals surface area contributed by atoms with Crippen LogP contribution in [-0.4, -0.2) is 33.4 Å². The van der Waals surface area contributed by atoms with E-state index in [2.05, 4.69) is 10.4 Å². The molecule has 2 N–H and O–H groups in total. The van der Waals surface area contributed by atoms with Crippen LogP contribution in [-0.2, 0) is 15.1 Å². The maximum atomic E-state index is 12.2. The summed E-state index contributed by atoms with van der Waals surface area (Å²) in [5.74, 6) is -0.643. The predicted molar refractivity (Wildman–Crippen MR) is 93.5 cm³/mol. The van der Waals surface area contributed by atoms with Crippen LogP contribution in [0.1, 0.15) is 27.2 Å². The molecule has 1 unspecified atom stereocenters. The number of aromatic nitrogens is 2. The summed E-state index contributed by atoms with van der Waals surface area (Å²) in [4.78, 5) is 23.5. The molecule has 2 rings (SSSR count). The normalized spacial score (nSPS) is 12.4. The highest BCUT2D eigenvalue weighted by atomic mass is 16.5. The quantitative estimate of drug-likeness (QED) is 0.767. The summed E-state index contributed by atoms with van der Waals surface area (Å²) < 4.78 is 6.90. The molecule has 1 amide bonds. The van der Waals surface area contributed by atoms with Gasteiger partial charge in [0.25, 0.3) is 0 Å². The van der Waals surface area contributed by atoms with E-state index in [9.17, 15) is 14.7 Å². The molecule has 1 aromatic carbocycles. The van der Waals surface area contributed by atoms with Gasteiger partial charge in [0.05, 0.1) is 18.5 Å². The Hall–Kier alpha value is -2.83. The van der Waals surface area contributed by atoms with E-state index in [-0.39, 0.29) is 11.8 Å². The first-order chi connectivity index (χ1) is 11.8. The third-order valence-corrected chi connectivity index (χ3v) is 3.96. The van der Waals surface area contributed by atoms with Crippen molar-refractivity contribution in [3.8, 4) is 5.75 Å². The number of carboxylic acid groups (broad SMARTS) is 1. The number of aliphatic carboxylic acids is 1. The zero-order chi connectivity index (χ0) is 18.4. The van der Waals surface area contributed by atoms with Crippen molar-refractivity contribution >= 4 is 17.6 Å². The molecule has 0 aliphatic carbocycles. The Balaban J connectivity index is 1.85. The van der Waals surface area contributed by atoms with E-state index in [0.29, 0.717) is 18.7 Å². The number of benzene rings is 1. The molecule has 1 atom stereocenters. The van der Waals surface area contributed by atoms with Crippen molar-refractivity contribution in [3.05, 3.63) is 42.7 Å². The minimum Gasteiger partial charge on any atom is -0.494 e. The second-order valence-electron chi connectivity index (χ2n) is 6.38. The zero-order valence-electron chi connectivity index (χ0n) is 14.6. The van der Waals surface area contributed by atoms with Gasteiger partial charge in [0.15, 0.2) is 5.54 Å². The Morgan fingerprint density at radius 1 is 1.32 bits per heavy atom. The number of carbonyl (C=O) groups is 2. The summed E-state index contributed by atoms with van der Waals surface area (Å²) in [7, 11) is 0. The van der Waals surface area contributed by atoms with Gasteiger partial charge in [-0.15, -0.1) is 0 Å². The average molecular weight is 345 g/mol. The van der Waals surface area contributed by atoms with Crippen molar-refractivity contribution in [3.63, 3.8) is 0 Å². The Kier molecular flexibility index (Phi) is 5.80. The highest BCUT2D eigenvalue weighted by molar-refractivity contribution is 5.92. The van der Waals surface area contributed by atoms with Crippen LogP contribution in [0.2, 0.25) is 0 Å². The lowest BCUT2D eigenvalue weighted by Crippen LogP contribution is -2.35. The molecule has 25 heavy (non-hydrogen) atoms. The maximum absolute atomic E-state index is 12.2. The standard InChI is InChI=1S/C18H23N3O4/c1-13(9-10-25-15-7-5-4-6-8-15)16(22)20-14-11-19-21(12-14)18(2,3)17(23)24/h4-8,11-13H,9-10H2,1-3H3,(H,20,22)(H,23,24). The summed E-state index contributed by atoms with van der Waals surface area (Å²) >= 11 is 0. The molecular formula is C18H23N3O4. The molecule has 2 aromatic rings. The second-order valence-corrected chi connectivity index (χ2v) is 6.38. The van der Waals surface area contributed by atoms with E-state index in [4.69, 9.17) is 4.74 Å². The highest BCUT2D eigenvalue weighted by Crippen LogP contribution is 2.18. The third kappa shape index (κ3) is 4.82. The van der Waals surface area contributed by atoms with Gasteiger partial charge in [-0.3, -0.25) is 9.48 Å². The molecule has 7 nitrogen and oxygen atoms in total. The largest absolute Gasteiger partial charge is 0.494 e. The molecule has 0 bridgehead atoms. The molecule has 1 heterocycles. The molecule has 1 aromatic heterocycles. The Bertz CT molecular complexity index is 725. The lowest BCUT2D eigenvalue weighted by Gasteiger charge is -2.19. The molecule has 0 fully saturated rings. The van der Waals surface area contributed by atoms with Gasteiger partial charge in [0.1, 0.15) is 5.75 Å². The van der Waals surface area contributed by atoms with Gasteiger partial charge in [-0.05, 0) is 32.4 Å². The number of anilines is 1. The van der Waals surface area contributed by atoms with E-state index in [1.54, 1.807) is 0 Å². The van der Waals surface area contributed by atoms with Crippen LogP contribution in [0.15, 0.2) is 42.7 Å². The number of carboxylic acids is 1. The summed E-state index contributed by atoms with van der Waals surface area (Å²) in [6.07, 6.45) is 3.52. The number of rotatable bonds is 8. The maximum Gasteiger partial charge on any atom is 0.331 e. The molecule has 0 spiro atoms. The molecule has 0 aliphatic rings. The van der Waals surface area contributed by atoms with Gasteiger partial charge >= 0.3 is 5.97 Å². The summed E-state index contributed by atoms with van der Waals surface area (Å²) in [6.45, 7) is 5.33. The first-order valence-electron chi connectivity index (χ1n) is 8.08. The topological polar surface area (TPSA) is 93.5 Å². The van der Waals surface area contributed by atoms with E-state index >= 15 is 0 Å². The lowest BCUT2D eigenvalue weighted by atomic mass is 10.1. The molecule has 134 valence electrons. The Morgan fingerprint density at radius 2 is 2.00 bits per heavy atom. The molecule has 0 saturated heterocycles. The Labute approximate surface area is 146 Å². The van der Waals surface area contributed by atoms with Crippen molar-refractivity contribution in [2.45, 2.75) is 32.7 Å². The monoisotopic (exact) mass is 345 g/mol. The fourth-order valence-corrected chi connectivity index (χ4v) is 2.06. The minimum absolute atomic E-state index is 0.163. The van der Waals surface area contributed by atoms with E-state index in [1.165, 1.54) is 30.9 Å². The number of para-hydroxylation sites is 1. The van der Waals surface area contributed by atoms with Crippen LogP contribution in [0.3, 0.4) is 0 Å². The van der Waals surface area contributed by atoms with Gasteiger partial charge in [-0.1, -0.05) is 25.1 Å². The summed E-state index contributed by atoms with van der Waals surface area (Å²) in [6, 6.07) is 9.42. The van der Waals surface area contributed by atoms with Gasteiger partial charge in [-0.2, -0.15) is 5.10 Å². The van der Waals surface area contributed by atoms with Crippen molar-refractivity contribution in [2.24, 2.45) is 5.92 Å². The van der Waals surface area contributed by atoms with Crippen LogP contribution >= 0.6 is 0 Å². The first-order valence-corrected chi connectivity index (χ1v) is 8.08. The first kappa shape index (κ1) is 18.5. The number of hydrogen-bond donors (Lipinski definition) is 2. The highest BCUT2D eigenvalue weighted by Gasteiger charge is 2.30. The molecule has 0 aliphatic heterocycles. The van der Waals surface area contributed by atoms with Gasteiger partial charge in [-0.25, -0.2) is 4.79 Å². The van der Waals surface area contributed by atoms with Crippen LogP contribution in [0, 0.1) is 5.92 Å². The van der Waals surface area contributed by atoms with Gasteiger partial charge in [0.2, 0.25) is 5.91 Å². The van der Waals surface area contributed by atoms with Gasteiger partial charge < -0.3 is 15.2 Å². The number of carbonyl (C=O) groups excluding carboxylic acids is 1. The van der Waals surface area contributed by atoms with Crippen molar-refractivity contribution < 1.29 is 19.4 Å². The fourth-order valence-electron chi connectivity index (χ4n) is 2.06. The number of nitrogens with zero attached hydrogens (tertiary/aromatic N) is 2. The van der Waals surface area contributed by atoms with Crippen LogP contribution in [0.5, 0.6) is 5.75 Å². The third-order valence-electron chi connectivity index (χ3n) is 3.96. The van der Waals surface area contributed by atoms with Crippen molar-refractivity contribution in [1.29, 1.82) is 0 Å². The number of hydrogen-bond acceptors (Lipinski definition) is 4. The molecular weight excluding hydrogens is 322 g/mol. The Morgan fingerprint density at radius 3 is 2.64 bits per heavy atom. The van der Waals surface area contributed by atoms with E-state index in [0.717, 1.165) is 5.75 Å². The zero-order valence-corrected chi connectivity index (χ0v) is 14.6. The van der Waals surface area contributed by atoms with Crippen LogP contribution in [0.4, 0.5) is 5.69 Å².